The van der Waals surface area contributed by atoms with Gasteiger partial charge in [-0.2, -0.15) is 0 Å². The molecule has 0 spiro atoms. The Morgan fingerprint density at radius 1 is 1.19 bits per heavy atom. The lowest BCUT2D eigenvalue weighted by Crippen LogP contribution is -2.27. The van der Waals surface area contributed by atoms with Crippen molar-refractivity contribution in [3.8, 4) is 0 Å². The number of sulfonamides is 1. The molecule has 2 rings (SSSR count). The molecule has 0 saturated heterocycles. The van der Waals surface area contributed by atoms with E-state index in [9.17, 15) is 17.2 Å². The smallest absolute Gasteiger partial charge is 0.243 e. The number of nitrogen functional groups attached to an aromatic ring is 1. The number of nitrogens with two attached hydrogens (primary N) is 1. The minimum absolute atomic E-state index is 0.0439. The first-order chi connectivity index (χ1) is 9.90. The fourth-order valence-electron chi connectivity index (χ4n) is 1.74. The molecule has 1 aromatic carbocycles. The minimum atomic E-state index is -4.17. The highest BCUT2D eigenvalue weighted by Crippen LogP contribution is 2.20. The number of nitrogens with zero attached hydrogens (tertiary/aromatic N) is 1. The van der Waals surface area contributed by atoms with Crippen LogP contribution in [-0.2, 0) is 16.4 Å². The number of anilines is 1. The Bertz CT molecular complexity index is 737. The predicted molar refractivity (Wildman–Crippen MR) is 73.9 cm³/mol. The van der Waals surface area contributed by atoms with Crippen LogP contribution in [0.15, 0.2) is 41.6 Å². The van der Waals surface area contributed by atoms with Gasteiger partial charge >= 0.3 is 0 Å². The van der Waals surface area contributed by atoms with Gasteiger partial charge in [0, 0.05) is 24.6 Å². The van der Waals surface area contributed by atoms with Crippen molar-refractivity contribution < 1.29 is 17.2 Å². The molecule has 0 aliphatic carbocycles. The predicted octanol–water partition coefficient (Wildman–Crippen LogP) is 1.46. The number of nitrogens with one attached hydrogen (secondary N) is 1. The van der Waals surface area contributed by atoms with Crippen LogP contribution < -0.4 is 10.5 Å². The van der Waals surface area contributed by atoms with E-state index in [0.717, 1.165) is 17.7 Å². The molecule has 0 aliphatic heterocycles. The summed E-state index contributed by atoms with van der Waals surface area (Å²) in [6.07, 6.45) is 3.56. The maximum absolute atomic E-state index is 13.6. The third-order valence-electron chi connectivity index (χ3n) is 2.76. The zero-order valence-corrected chi connectivity index (χ0v) is 11.7. The Labute approximate surface area is 120 Å². The molecule has 1 heterocycles. The molecule has 0 bridgehead atoms. The molecule has 2 aromatic rings. The van der Waals surface area contributed by atoms with Crippen LogP contribution in [0.1, 0.15) is 5.56 Å². The molecule has 21 heavy (non-hydrogen) atoms. The van der Waals surface area contributed by atoms with Gasteiger partial charge in [-0.15, -0.1) is 0 Å². The van der Waals surface area contributed by atoms with E-state index in [-0.39, 0.29) is 12.2 Å². The lowest BCUT2D eigenvalue weighted by molar-refractivity contribution is 0.484. The van der Waals surface area contributed by atoms with Gasteiger partial charge in [-0.25, -0.2) is 21.9 Å². The van der Waals surface area contributed by atoms with Crippen LogP contribution >= 0.6 is 0 Å². The van der Waals surface area contributed by atoms with Gasteiger partial charge in [0.15, 0.2) is 11.6 Å². The Kier molecular flexibility index (Phi) is 4.49. The third kappa shape index (κ3) is 3.73. The van der Waals surface area contributed by atoms with E-state index < -0.39 is 26.6 Å². The van der Waals surface area contributed by atoms with Crippen LogP contribution in [0.5, 0.6) is 0 Å². The molecule has 0 atom stereocenters. The molecule has 0 saturated carbocycles. The number of halogens is 2. The number of hydrogen-bond donors (Lipinski definition) is 2. The lowest BCUT2D eigenvalue weighted by atomic mass is 10.2. The van der Waals surface area contributed by atoms with Crippen LogP contribution in [0.4, 0.5) is 14.5 Å². The van der Waals surface area contributed by atoms with Crippen LogP contribution in [0, 0.1) is 11.6 Å². The zero-order chi connectivity index (χ0) is 15.5. The van der Waals surface area contributed by atoms with Crippen molar-refractivity contribution in [2.45, 2.75) is 11.3 Å². The number of hydrogen-bond acceptors (Lipinski definition) is 4. The zero-order valence-electron chi connectivity index (χ0n) is 10.9. The van der Waals surface area contributed by atoms with Gasteiger partial charge in [-0.3, -0.25) is 4.98 Å². The van der Waals surface area contributed by atoms with Gasteiger partial charge in [0.05, 0.1) is 0 Å². The molecule has 0 radical (unpaired) electrons. The first kappa shape index (κ1) is 15.3. The molecule has 0 aliphatic rings. The molecular weight excluding hydrogens is 300 g/mol. The normalized spacial score (nSPS) is 11.5. The summed E-state index contributed by atoms with van der Waals surface area (Å²) in [5, 5.41) is 0. The number of aromatic nitrogens is 1. The van der Waals surface area contributed by atoms with Crippen LogP contribution in [-0.4, -0.2) is 19.9 Å². The SMILES string of the molecule is Nc1cc(F)c(F)c(S(=O)(=O)NCCc2ccncc2)c1. The highest BCUT2D eigenvalue weighted by Gasteiger charge is 2.22. The van der Waals surface area contributed by atoms with Crippen molar-refractivity contribution in [1.29, 1.82) is 0 Å². The second-order valence-corrected chi connectivity index (χ2v) is 6.05. The van der Waals surface area contributed by atoms with E-state index in [1.807, 2.05) is 0 Å². The van der Waals surface area contributed by atoms with Gasteiger partial charge in [-0.05, 0) is 36.2 Å². The first-order valence-corrected chi connectivity index (χ1v) is 7.51. The molecule has 0 unspecified atom stereocenters. The number of rotatable bonds is 5. The topological polar surface area (TPSA) is 85.1 Å². The Morgan fingerprint density at radius 3 is 2.52 bits per heavy atom. The first-order valence-electron chi connectivity index (χ1n) is 6.03. The molecule has 112 valence electrons. The lowest BCUT2D eigenvalue weighted by Gasteiger charge is -2.09. The highest BCUT2D eigenvalue weighted by molar-refractivity contribution is 7.89. The fraction of sp³-hybridized carbons (Fsp3) is 0.154. The highest BCUT2D eigenvalue weighted by atomic mass is 32.2. The summed E-state index contributed by atoms with van der Waals surface area (Å²) in [7, 11) is -4.17. The second kappa shape index (κ2) is 6.15. The van der Waals surface area contributed by atoms with Crippen molar-refractivity contribution in [3.05, 3.63) is 53.9 Å². The third-order valence-corrected chi connectivity index (χ3v) is 4.22. The standard InChI is InChI=1S/C13H13F2N3O2S/c14-11-7-10(16)8-12(13(11)15)21(19,20)18-6-3-9-1-4-17-5-2-9/h1-2,4-5,7-8,18H,3,6,16H2. The van der Waals surface area contributed by atoms with E-state index >= 15 is 0 Å². The average molecular weight is 313 g/mol. The monoisotopic (exact) mass is 313 g/mol. The van der Waals surface area contributed by atoms with Crippen molar-refractivity contribution in [3.63, 3.8) is 0 Å². The molecule has 0 amide bonds. The summed E-state index contributed by atoms with van der Waals surface area (Å²) >= 11 is 0. The molecule has 1 aromatic heterocycles. The maximum Gasteiger partial charge on any atom is 0.243 e. The molecule has 3 N–H and O–H groups in total. The average Bonchev–Trinajstić information content (AvgIpc) is 2.43. The van der Waals surface area contributed by atoms with Crippen molar-refractivity contribution in [1.82, 2.24) is 9.71 Å². The van der Waals surface area contributed by atoms with Crippen LogP contribution in [0.3, 0.4) is 0 Å². The largest absolute Gasteiger partial charge is 0.399 e. The molecule has 5 nitrogen and oxygen atoms in total. The van der Waals surface area contributed by atoms with Crippen molar-refractivity contribution >= 4 is 15.7 Å². The van der Waals surface area contributed by atoms with Gasteiger partial charge in [-0.1, -0.05) is 0 Å². The summed E-state index contributed by atoms with van der Waals surface area (Å²) in [5.74, 6) is -2.75. The van der Waals surface area contributed by atoms with E-state index in [1.54, 1.807) is 24.5 Å². The quantitative estimate of drug-likeness (QED) is 0.819. The van der Waals surface area contributed by atoms with Gasteiger partial charge in [0.2, 0.25) is 10.0 Å². The molecular formula is C13H13F2N3O2S. The van der Waals surface area contributed by atoms with Crippen LogP contribution in [0.2, 0.25) is 0 Å². The summed E-state index contributed by atoms with van der Waals surface area (Å²) in [4.78, 5) is 3.04. The number of benzene rings is 1. The van der Waals surface area contributed by atoms with Gasteiger partial charge in [0.1, 0.15) is 4.90 Å². The Hall–Kier alpha value is -2.06. The maximum atomic E-state index is 13.6. The van der Waals surface area contributed by atoms with Crippen molar-refractivity contribution in [2.24, 2.45) is 0 Å². The summed E-state index contributed by atoms with van der Waals surface area (Å²) < 4.78 is 52.9. The fourth-order valence-corrected chi connectivity index (χ4v) is 2.89. The summed E-state index contributed by atoms with van der Waals surface area (Å²) in [6.45, 7) is 0.0439. The van der Waals surface area contributed by atoms with Crippen LogP contribution in [0.25, 0.3) is 0 Å². The molecule has 8 heteroatoms. The Balaban J connectivity index is 2.12. The minimum Gasteiger partial charge on any atom is -0.399 e. The van der Waals surface area contributed by atoms with E-state index in [4.69, 9.17) is 5.73 Å². The van der Waals surface area contributed by atoms with Gasteiger partial charge in [0.25, 0.3) is 0 Å². The second-order valence-electron chi connectivity index (χ2n) is 4.32. The van der Waals surface area contributed by atoms with E-state index in [0.29, 0.717) is 6.42 Å². The summed E-state index contributed by atoms with van der Waals surface area (Å²) in [6, 6.07) is 5.07. The Morgan fingerprint density at radius 2 is 1.86 bits per heavy atom. The van der Waals surface area contributed by atoms with E-state index in [2.05, 4.69) is 9.71 Å². The summed E-state index contributed by atoms with van der Waals surface area (Å²) in [5.41, 5.74) is 6.04. The number of pyridine rings is 1. The molecule has 0 fully saturated rings. The van der Waals surface area contributed by atoms with Gasteiger partial charge < -0.3 is 5.73 Å². The van der Waals surface area contributed by atoms with E-state index in [1.165, 1.54) is 0 Å². The van der Waals surface area contributed by atoms with Crippen molar-refractivity contribution in [2.75, 3.05) is 12.3 Å².